The topological polar surface area (TPSA) is 62.0 Å². The Labute approximate surface area is 55.6 Å². The van der Waals surface area contributed by atoms with Crippen LogP contribution in [0.4, 0.5) is 4.39 Å². The van der Waals surface area contributed by atoms with E-state index in [2.05, 4.69) is 5.10 Å². The molecule has 1 unspecified atom stereocenters. The molecule has 0 radical (unpaired) electrons. The van der Waals surface area contributed by atoms with Crippen LogP contribution in [-0.2, 0) is 0 Å². The average Bonchev–Trinajstić information content (AvgIpc) is 2.14. The zero-order valence-corrected chi connectivity index (χ0v) is 5.14. The summed E-state index contributed by atoms with van der Waals surface area (Å²) in [5.41, 5.74) is 0. The highest BCUT2D eigenvalue weighted by Gasteiger charge is 2.33. The molecule has 1 aliphatic rings. The molecule has 6 nitrogen and oxygen atoms in total. The first-order valence-electron chi connectivity index (χ1n) is 2.46. The normalized spacial score (nSPS) is 24.0. The van der Waals surface area contributed by atoms with Crippen molar-refractivity contribution in [1.29, 1.82) is 0 Å². The fourth-order valence-corrected chi connectivity index (χ4v) is 0.536. The molecule has 0 spiro atoms. The van der Waals surface area contributed by atoms with Crippen LogP contribution in [0.1, 0.15) is 0 Å². The predicted octanol–water partition coefficient (Wildman–Crippen LogP) is -0.378. The summed E-state index contributed by atoms with van der Waals surface area (Å²) in [5, 5.41) is 13.5. The van der Waals surface area contributed by atoms with Gasteiger partial charge >= 0.3 is 6.42 Å². The van der Waals surface area contributed by atoms with Crippen LogP contribution in [0.2, 0.25) is 0 Å². The zero-order valence-electron chi connectivity index (χ0n) is 5.14. The second kappa shape index (κ2) is 2.09. The number of hydrazine groups is 1. The average molecular weight is 148 g/mol. The number of nitro groups is 1. The molecule has 0 N–H and O–H groups in total. The fraction of sp³-hybridized carbons (Fsp3) is 0.667. The van der Waals surface area contributed by atoms with E-state index in [0.29, 0.717) is 0 Å². The van der Waals surface area contributed by atoms with Crippen LogP contribution in [0.3, 0.4) is 0 Å². The van der Waals surface area contributed by atoms with Gasteiger partial charge < -0.3 is 0 Å². The molecule has 1 rings (SSSR count). The van der Waals surface area contributed by atoms with Gasteiger partial charge in [-0.25, -0.2) is 15.1 Å². The van der Waals surface area contributed by atoms with E-state index in [1.54, 1.807) is 0 Å². The summed E-state index contributed by atoms with van der Waals surface area (Å²) in [6, 6.07) is 0. The van der Waals surface area contributed by atoms with Gasteiger partial charge in [0.25, 0.3) is 0 Å². The third-order valence-corrected chi connectivity index (χ3v) is 1.07. The van der Waals surface area contributed by atoms with Crippen molar-refractivity contribution in [2.24, 2.45) is 5.10 Å². The number of nitrogens with zero attached hydrogens (tertiary/aromatic N) is 4. The Morgan fingerprint density at radius 2 is 2.50 bits per heavy atom. The van der Waals surface area contributed by atoms with E-state index in [4.69, 9.17) is 0 Å². The lowest BCUT2D eigenvalue weighted by molar-refractivity contribution is -0.645. The molecule has 1 heterocycles. The standard InChI is InChI=1S/C3H5FN4O2/c1-6-3(4)7(2-5-6)8(9)10/h2-3H,1H3. The number of rotatable bonds is 1. The molecular weight excluding hydrogens is 143 g/mol. The monoisotopic (exact) mass is 148 g/mol. The van der Waals surface area contributed by atoms with Gasteiger partial charge in [0.15, 0.2) is 11.4 Å². The maximum absolute atomic E-state index is 12.5. The van der Waals surface area contributed by atoms with Crippen molar-refractivity contribution in [3.05, 3.63) is 10.1 Å². The molecule has 0 aliphatic carbocycles. The van der Waals surface area contributed by atoms with Crippen LogP contribution < -0.4 is 0 Å². The van der Waals surface area contributed by atoms with Crippen molar-refractivity contribution >= 4 is 6.34 Å². The second-order valence-electron chi connectivity index (χ2n) is 1.73. The van der Waals surface area contributed by atoms with Gasteiger partial charge in [0, 0.05) is 7.05 Å². The van der Waals surface area contributed by atoms with Crippen molar-refractivity contribution in [1.82, 2.24) is 10.0 Å². The first-order valence-corrected chi connectivity index (χ1v) is 2.46. The fourth-order valence-electron chi connectivity index (χ4n) is 0.536. The molecule has 0 fully saturated rings. The molecule has 0 saturated carbocycles. The van der Waals surface area contributed by atoms with Gasteiger partial charge in [0.05, 0.1) is 0 Å². The maximum Gasteiger partial charge on any atom is 0.323 e. The molecule has 10 heavy (non-hydrogen) atoms. The van der Waals surface area contributed by atoms with Crippen molar-refractivity contribution < 1.29 is 9.42 Å². The third-order valence-electron chi connectivity index (χ3n) is 1.07. The van der Waals surface area contributed by atoms with E-state index >= 15 is 0 Å². The lowest BCUT2D eigenvalue weighted by Gasteiger charge is -2.11. The van der Waals surface area contributed by atoms with Crippen LogP contribution in [0.25, 0.3) is 0 Å². The lowest BCUT2D eigenvalue weighted by atomic mass is 10.9. The number of alkyl halides is 1. The van der Waals surface area contributed by atoms with E-state index in [1.165, 1.54) is 7.05 Å². The predicted molar refractivity (Wildman–Crippen MR) is 30.0 cm³/mol. The quantitative estimate of drug-likeness (QED) is 0.289. The largest absolute Gasteiger partial charge is 0.323 e. The molecule has 0 aromatic carbocycles. The number of hydrogen-bond acceptors (Lipinski definition) is 4. The summed E-state index contributed by atoms with van der Waals surface area (Å²) < 4.78 is 12.5. The minimum atomic E-state index is -1.78. The third kappa shape index (κ3) is 0.850. The zero-order chi connectivity index (χ0) is 7.72. The maximum atomic E-state index is 12.5. The molecule has 0 aromatic heterocycles. The Morgan fingerprint density at radius 3 is 2.70 bits per heavy atom. The van der Waals surface area contributed by atoms with Crippen LogP contribution in [-0.4, -0.2) is 34.9 Å². The van der Waals surface area contributed by atoms with Crippen molar-refractivity contribution in [2.75, 3.05) is 7.05 Å². The van der Waals surface area contributed by atoms with Crippen molar-refractivity contribution in [3.8, 4) is 0 Å². The summed E-state index contributed by atoms with van der Waals surface area (Å²) >= 11 is 0. The molecule has 1 atom stereocenters. The second-order valence-corrected chi connectivity index (χ2v) is 1.73. The van der Waals surface area contributed by atoms with Gasteiger partial charge in [-0.3, -0.25) is 0 Å². The van der Waals surface area contributed by atoms with Crippen LogP contribution >= 0.6 is 0 Å². The van der Waals surface area contributed by atoms with Gasteiger partial charge in [-0.1, -0.05) is 0 Å². The van der Waals surface area contributed by atoms with Gasteiger partial charge in [0.2, 0.25) is 0 Å². The molecule has 0 bridgehead atoms. The highest BCUT2D eigenvalue weighted by Crippen LogP contribution is 2.09. The Morgan fingerprint density at radius 1 is 1.90 bits per heavy atom. The number of hydrazone groups is 1. The molecule has 7 heteroatoms. The van der Waals surface area contributed by atoms with Gasteiger partial charge in [-0.05, 0) is 5.01 Å². The SMILES string of the molecule is CN1N=CN([N+](=O)[O-])C1F. The van der Waals surface area contributed by atoms with E-state index < -0.39 is 11.5 Å². The Kier molecular flexibility index (Phi) is 1.40. The molecule has 0 aromatic rings. The minimum Gasteiger partial charge on any atom is -0.243 e. The van der Waals surface area contributed by atoms with Gasteiger partial charge in [-0.15, -0.1) is 0 Å². The first kappa shape index (κ1) is 6.72. The van der Waals surface area contributed by atoms with Crippen LogP contribution in [0.5, 0.6) is 0 Å². The van der Waals surface area contributed by atoms with Crippen molar-refractivity contribution in [3.63, 3.8) is 0 Å². The highest BCUT2D eigenvalue weighted by molar-refractivity contribution is 5.54. The van der Waals surface area contributed by atoms with Crippen molar-refractivity contribution in [2.45, 2.75) is 6.42 Å². The highest BCUT2D eigenvalue weighted by atomic mass is 19.1. The summed E-state index contributed by atoms with van der Waals surface area (Å²) in [5.74, 6) is 0. The van der Waals surface area contributed by atoms with E-state index in [9.17, 15) is 14.5 Å². The summed E-state index contributed by atoms with van der Waals surface area (Å²) in [6.07, 6.45) is -0.958. The number of hydrogen-bond donors (Lipinski definition) is 0. The van der Waals surface area contributed by atoms with E-state index in [0.717, 1.165) is 11.3 Å². The molecule has 0 amide bonds. The van der Waals surface area contributed by atoms with E-state index in [1.807, 2.05) is 0 Å². The van der Waals surface area contributed by atoms with Crippen LogP contribution in [0.15, 0.2) is 5.10 Å². The van der Waals surface area contributed by atoms with Gasteiger partial charge in [-0.2, -0.15) is 9.49 Å². The van der Waals surface area contributed by atoms with Crippen LogP contribution in [0, 0.1) is 10.1 Å². The number of halogens is 1. The molecule has 0 saturated heterocycles. The smallest absolute Gasteiger partial charge is 0.243 e. The molecule has 56 valence electrons. The first-order chi connectivity index (χ1) is 4.63. The Bertz CT molecular complexity index is 183. The van der Waals surface area contributed by atoms with Gasteiger partial charge in [0.1, 0.15) is 0 Å². The summed E-state index contributed by atoms with van der Waals surface area (Å²) in [4.78, 5) is 9.93. The Hall–Kier alpha value is -1.40. The summed E-state index contributed by atoms with van der Waals surface area (Å²) in [6.45, 7) is 0. The van der Waals surface area contributed by atoms with E-state index in [-0.39, 0.29) is 5.01 Å². The lowest BCUT2D eigenvalue weighted by Crippen LogP contribution is -2.37. The summed E-state index contributed by atoms with van der Waals surface area (Å²) in [7, 11) is 1.31. The molecule has 1 aliphatic heterocycles. The molecular formula is C3H5FN4O2. The minimum absolute atomic E-state index is 0.278. The Balaban J connectivity index is 2.66.